The number of para-hydroxylation sites is 2. The highest BCUT2D eigenvalue weighted by Gasteiger charge is 2.03. The molecule has 0 spiro atoms. The second-order valence-corrected chi connectivity index (χ2v) is 3.42. The van der Waals surface area contributed by atoms with E-state index in [9.17, 15) is 14.6 Å². The maximum atomic E-state index is 13.2. The van der Waals surface area contributed by atoms with Crippen molar-refractivity contribution in [1.82, 2.24) is 0 Å². The van der Waals surface area contributed by atoms with Crippen LogP contribution >= 0.6 is 0 Å². The van der Waals surface area contributed by atoms with Crippen LogP contribution < -0.4 is 0 Å². The monoisotopic (exact) mass is 231 g/mol. The highest BCUT2D eigenvalue weighted by molar-refractivity contribution is 5.86. The maximum absolute atomic E-state index is 13.2. The Bertz CT molecular complexity index is 567. The van der Waals surface area contributed by atoms with Gasteiger partial charge in [-0.1, -0.05) is 18.2 Å². The van der Waals surface area contributed by atoms with Crippen LogP contribution in [0, 0.1) is 5.82 Å². The largest absolute Gasteiger partial charge is 0.504 e. The molecule has 86 valence electrons. The number of rotatable bonds is 2. The van der Waals surface area contributed by atoms with E-state index < -0.39 is 5.82 Å². The Morgan fingerprint density at radius 2 is 1.76 bits per heavy atom. The molecule has 2 N–H and O–H groups in total. The Hall–Kier alpha value is -2.36. The van der Waals surface area contributed by atoms with Crippen LogP contribution in [0.15, 0.2) is 47.5 Å². The lowest BCUT2D eigenvalue weighted by atomic mass is 10.2. The summed E-state index contributed by atoms with van der Waals surface area (Å²) in [5.41, 5.74) is 0.503. The van der Waals surface area contributed by atoms with Crippen LogP contribution in [0.3, 0.4) is 0 Å². The molecule has 2 aromatic carbocycles. The molecule has 0 fully saturated rings. The number of halogens is 1. The van der Waals surface area contributed by atoms with Crippen LogP contribution in [0.5, 0.6) is 11.5 Å². The van der Waals surface area contributed by atoms with Crippen molar-refractivity contribution in [1.29, 1.82) is 0 Å². The molecule has 0 aliphatic carbocycles. The Labute approximate surface area is 97.5 Å². The van der Waals surface area contributed by atoms with E-state index in [2.05, 4.69) is 4.99 Å². The fourth-order valence-electron chi connectivity index (χ4n) is 1.35. The van der Waals surface area contributed by atoms with Gasteiger partial charge in [-0.3, -0.25) is 4.99 Å². The van der Waals surface area contributed by atoms with Gasteiger partial charge in [0.25, 0.3) is 0 Å². The quantitative estimate of drug-likeness (QED) is 0.616. The van der Waals surface area contributed by atoms with Crippen LogP contribution in [-0.2, 0) is 0 Å². The Morgan fingerprint density at radius 1 is 1.00 bits per heavy atom. The topological polar surface area (TPSA) is 52.8 Å². The predicted molar refractivity (Wildman–Crippen MR) is 63.4 cm³/mol. The minimum Gasteiger partial charge on any atom is -0.504 e. The summed E-state index contributed by atoms with van der Waals surface area (Å²) in [6, 6.07) is 10.5. The molecule has 0 aromatic heterocycles. The van der Waals surface area contributed by atoms with Crippen molar-refractivity contribution in [2.45, 2.75) is 0 Å². The summed E-state index contributed by atoms with van der Waals surface area (Å²) in [4.78, 5) is 3.91. The molecule has 2 rings (SSSR count). The zero-order chi connectivity index (χ0) is 12.3. The van der Waals surface area contributed by atoms with Crippen LogP contribution in [0.2, 0.25) is 0 Å². The minimum atomic E-state index is -0.441. The smallest absolute Gasteiger partial charge is 0.166 e. The van der Waals surface area contributed by atoms with E-state index in [0.717, 1.165) is 0 Å². The minimum absolute atomic E-state index is 0.176. The van der Waals surface area contributed by atoms with Crippen molar-refractivity contribution < 1.29 is 14.6 Å². The molecule has 0 aliphatic rings. The number of aromatic hydroxyl groups is 2. The first-order chi connectivity index (χ1) is 8.18. The molecule has 0 bridgehead atoms. The Balaban J connectivity index is 2.33. The summed E-state index contributed by atoms with van der Waals surface area (Å²) in [6.45, 7) is 0. The Morgan fingerprint density at radius 3 is 2.53 bits per heavy atom. The highest BCUT2D eigenvalue weighted by atomic mass is 19.1. The van der Waals surface area contributed by atoms with Crippen molar-refractivity contribution in [2.24, 2.45) is 4.99 Å². The standard InChI is InChI=1S/C13H10FNO2/c14-10-5-1-2-6-11(10)15-8-9-4-3-7-12(16)13(9)17/h1-8,16-17H. The third-order valence-corrected chi connectivity index (χ3v) is 2.24. The normalized spacial score (nSPS) is 10.9. The van der Waals surface area contributed by atoms with E-state index in [-0.39, 0.29) is 17.2 Å². The second-order valence-electron chi connectivity index (χ2n) is 3.42. The predicted octanol–water partition coefficient (Wildman–Crippen LogP) is 2.99. The lowest BCUT2D eigenvalue weighted by molar-refractivity contribution is 0.403. The lowest BCUT2D eigenvalue weighted by Gasteiger charge is -2.00. The summed E-state index contributed by atoms with van der Waals surface area (Å²) in [5.74, 6) is -0.946. The van der Waals surface area contributed by atoms with Gasteiger partial charge in [0.15, 0.2) is 11.5 Å². The van der Waals surface area contributed by atoms with E-state index >= 15 is 0 Å². The molecule has 0 aliphatic heterocycles. The van der Waals surface area contributed by atoms with E-state index in [4.69, 9.17) is 0 Å². The van der Waals surface area contributed by atoms with Gasteiger partial charge in [-0.2, -0.15) is 0 Å². The average molecular weight is 231 g/mol. The molecular weight excluding hydrogens is 221 g/mol. The van der Waals surface area contributed by atoms with Gasteiger partial charge in [0.1, 0.15) is 5.82 Å². The van der Waals surface area contributed by atoms with Crippen LogP contribution in [-0.4, -0.2) is 16.4 Å². The van der Waals surface area contributed by atoms with Gasteiger partial charge in [0.05, 0.1) is 5.69 Å². The molecular formula is C13H10FNO2. The summed E-state index contributed by atoms with van der Waals surface area (Å²) in [7, 11) is 0. The molecule has 0 unspecified atom stereocenters. The van der Waals surface area contributed by atoms with Crippen molar-refractivity contribution >= 4 is 11.9 Å². The summed E-state index contributed by atoms with van der Waals surface area (Å²) in [5, 5.41) is 18.8. The van der Waals surface area contributed by atoms with Gasteiger partial charge >= 0.3 is 0 Å². The number of benzene rings is 2. The number of aliphatic imine (C=N–C) groups is 1. The van der Waals surface area contributed by atoms with Crippen molar-refractivity contribution in [2.75, 3.05) is 0 Å². The van der Waals surface area contributed by atoms with E-state index in [1.807, 2.05) is 0 Å². The van der Waals surface area contributed by atoms with Crippen LogP contribution in [0.1, 0.15) is 5.56 Å². The fourth-order valence-corrected chi connectivity index (χ4v) is 1.35. The molecule has 0 heterocycles. The van der Waals surface area contributed by atoms with Crippen molar-refractivity contribution in [3.05, 3.63) is 53.8 Å². The van der Waals surface area contributed by atoms with E-state index in [0.29, 0.717) is 5.56 Å². The molecule has 3 nitrogen and oxygen atoms in total. The zero-order valence-corrected chi connectivity index (χ0v) is 8.84. The van der Waals surface area contributed by atoms with Gasteiger partial charge < -0.3 is 10.2 Å². The lowest BCUT2D eigenvalue weighted by Crippen LogP contribution is -1.83. The zero-order valence-electron chi connectivity index (χ0n) is 8.84. The van der Waals surface area contributed by atoms with Crippen LogP contribution in [0.4, 0.5) is 10.1 Å². The molecule has 0 atom stereocenters. The number of phenols is 2. The molecule has 4 heteroatoms. The second kappa shape index (κ2) is 4.65. The molecule has 0 saturated carbocycles. The number of hydrogen-bond donors (Lipinski definition) is 2. The third kappa shape index (κ3) is 2.42. The molecule has 2 aromatic rings. The number of hydrogen-bond acceptors (Lipinski definition) is 3. The van der Waals surface area contributed by atoms with Crippen LogP contribution in [0.25, 0.3) is 0 Å². The van der Waals surface area contributed by atoms with Gasteiger partial charge in [-0.25, -0.2) is 4.39 Å². The fraction of sp³-hybridized carbons (Fsp3) is 0. The van der Waals surface area contributed by atoms with Gasteiger partial charge in [0.2, 0.25) is 0 Å². The van der Waals surface area contributed by atoms with E-state index in [1.165, 1.54) is 24.4 Å². The van der Waals surface area contributed by atoms with E-state index in [1.54, 1.807) is 24.3 Å². The summed E-state index contributed by atoms with van der Waals surface area (Å²) >= 11 is 0. The van der Waals surface area contributed by atoms with Gasteiger partial charge in [-0.15, -0.1) is 0 Å². The van der Waals surface area contributed by atoms with Gasteiger partial charge in [0, 0.05) is 11.8 Å². The number of phenolic OH excluding ortho intramolecular Hbond substituents is 2. The SMILES string of the molecule is Oc1cccc(C=Nc2ccccc2F)c1O. The third-order valence-electron chi connectivity index (χ3n) is 2.24. The maximum Gasteiger partial charge on any atom is 0.166 e. The first kappa shape index (κ1) is 11.1. The van der Waals surface area contributed by atoms with Gasteiger partial charge in [-0.05, 0) is 24.3 Å². The van der Waals surface area contributed by atoms with Crippen molar-refractivity contribution in [3.8, 4) is 11.5 Å². The average Bonchev–Trinajstić information content (AvgIpc) is 2.33. The summed E-state index contributed by atoms with van der Waals surface area (Å²) in [6.07, 6.45) is 1.30. The summed E-state index contributed by atoms with van der Waals surface area (Å²) < 4.78 is 13.2. The van der Waals surface area contributed by atoms with Crippen molar-refractivity contribution in [3.63, 3.8) is 0 Å². The molecule has 0 radical (unpaired) electrons. The Kier molecular flexibility index (Phi) is 3.05. The highest BCUT2D eigenvalue weighted by Crippen LogP contribution is 2.27. The number of nitrogens with zero attached hydrogens (tertiary/aromatic N) is 1. The molecule has 0 saturated heterocycles. The molecule has 17 heavy (non-hydrogen) atoms. The molecule has 0 amide bonds. The first-order valence-corrected chi connectivity index (χ1v) is 4.98. The first-order valence-electron chi connectivity index (χ1n) is 4.98.